The van der Waals surface area contributed by atoms with Gasteiger partial charge in [0.15, 0.2) is 0 Å². The molecule has 3 rings (SSSR count). The minimum Gasteiger partial charge on any atom is -0.321 e. The van der Waals surface area contributed by atoms with Crippen molar-refractivity contribution in [2.75, 3.05) is 0 Å². The lowest BCUT2D eigenvalue weighted by Gasteiger charge is -2.25. The number of nitrogens with one attached hydrogen (secondary N) is 1. The van der Waals surface area contributed by atoms with Gasteiger partial charge in [0.25, 0.3) is 0 Å². The van der Waals surface area contributed by atoms with Crippen molar-refractivity contribution in [2.45, 2.75) is 31.7 Å². The van der Waals surface area contributed by atoms with Gasteiger partial charge < -0.3 is 5.73 Å². The Labute approximate surface area is 83.3 Å². The molecule has 1 heterocycles. The number of H-pyrrole nitrogens is 1. The van der Waals surface area contributed by atoms with Crippen LogP contribution in [0.15, 0.2) is 6.33 Å². The highest BCUT2D eigenvalue weighted by Crippen LogP contribution is 2.51. The number of aromatic amines is 1. The molecule has 0 radical (unpaired) electrons. The van der Waals surface area contributed by atoms with E-state index in [-0.39, 0.29) is 6.04 Å². The predicted molar refractivity (Wildman–Crippen MR) is 52.2 cm³/mol. The molecule has 0 saturated heterocycles. The van der Waals surface area contributed by atoms with Gasteiger partial charge in [0.05, 0.1) is 6.04 Å². The van der Waals surface area contributed by atoms with Crippen molar-refractivity contribution in [3.63, 3.8) is 0 Å². The van der Waals surface area contributed by atoms with Crippen molar-refractivity contribution >= 4 is 0 Å². The Hall–Kier alpha value is -0.900. The van der Waals surface area contributed by atoms with Crippen molar-refractivity contribution < 1.29 is 0 Å². The maximum absolute atomic E-state index is 6.20. The summed E-state index contributed by atoms with van der Waals surface area (Å²) >= 11 is 0. The molecule has 0 aromatic carbocycles. The lowest BCUT2D eigenvalue weighted by Crippen LogP contribution is -2.26. The maximum atomic E-state index is 6.20. The van der Waals surface area contributed by atoms with Crippen LogP contribution in [-0.4, -0.2) is 15.2 Å². The zero-order valence-corrected chi connectivity index (χ0v) is 8.19. The number of hydrogen-bond acceptors (Lipinski definition) is 3. The standard InChI is InChI=1S/C10H16N4/c11-9(10-12-5-13-14-10)8-4-6-1-2-7(8)3-6/h5-9H,1-4,11H2,(H,12,13,14). The molecule has 2 bridgehead atoms. The van der Waals surface area contributed by atoms with Crippen LogP contribution in [0.2, 0.25) is 0 Å². The molecule has 2 aliphatic rings. The van der Waals surface area contributed by atoms with Gasteiger partial charge >= 0.3 is 0 Å². The fraction of sp³-hybridized carbons (Fsp3) is 0.800. The minimum absolute atomic E-state index is 0.0767. The summed E-state index contributed by atoms with van der Waals surface area (Å²) in [6.45, 7) is 0. The van der Waals surface area contributed by atoms with E-state index in [1.807, 2.05) is 0 Å². The second-order valence-electron chi connectivity index (χ2n) is 4.74. The molecule has 2 saturated carbocycles. The van der Waals surface area contributed by atoms with Gasteiger partial charge in [-0.25, -0.2) is 4.98 Å². The molecule has 4 unspecified atom stereocenters. The highest BCUT2D eigenvalue weighted by atomic mass is 15.2. The summed E-state index contributed by atoms with van der Waals surface area (Å²) in [7, 11) is 0. The molecule has 14 heavy (non-hydrogen) atoms. The summed E-state index contributed by atoms with van der Waals surface area (Å²) in [6.07, 6.45) is 7.03. The minimum atomic E-state index is 0.0767. The zero-order valence-electron chi connectivity index (χ0n) is 8.19. The highest BCUT2D eigenvalue weighted by Gasteiger charge is 2.43. The SMILES string of the molecule is NC(c1ncn[nH]1)C1CC2CCC1C2. The van der Waals surface area contributed by atoms with E-state index in [2.05, 4.69) is 15.2 Å². The van der Waals surface area contributed by atoms with Crippen molar-refractivity contribution in [3.8, 4) is 0 Å². The van der Waals surface area contributed by atoms with Crippen LogP contribution in [0.1, 0.15) is 37.5 Å². The van der Waals surface area contributed by atoms with Gasteiger partial charge in [-0.2, -0.15) is 5.10 Å². The molecule has 2 fully saturated rings. The third-order valence-electron chi connectivity index (χ3n) is 4.00. The van der Waals surface area contributed by atoms with Crippen molar-refractivity contribution in [1.82, 2.24) is 15.2 Å². The van der Waals surface area contributed by atoms with Crippen LogP contribution in [0, 0.1) is 17.8 Å². The van der Waals surface area contributed by atoms with Crippen LogP contribution >= 0.6 is 0 Å². The fourth-order valence-corrected chi connectivity index (χ4v) is 3.31. The van der Waals surface area contributed by atoms with Gasteiger partial charge in [-0.15, -0.1) is 0 Å². The number of nitrogens with zero attached hydrogens (tertiary/aromatic N) is 2. The van der Waals surface area contributed by atoms with E-state index >= 15 is 0 Å². The van der Waals surface area contributed by atoms with Crippen LogP contribution in [0.5, 0.6) is 0 Å². The number of nitrogens with two attached hydrogens (primary N) is 1. The molecule has 4 atom stereocenters. The normalized spacial score (nSPS) is 37.6. The molecule has 0 aliphatic heterocycles. The third kappa shape index (κ3) is 1.17. The van der Waals surface area contributed by atoms with Gasteiger partial charge in [0, 0.05) is 0 Å². The molecule has 1 aromatic rings. The van der Waals surface area contributed by atoms with Gasteiger partial charge in [0.2, 0.25) is 0 Å². The summed E-state index contributed by atoms with van der Waals surface area (Å²) in [5.74, 6) is 3.29. The highest BCUT2D eigenvalue weighted by molar-refractivity contribution is 5.01. The van der Waals surface area contributed by atoms with Crippen molar-refractivity contribution in [3.05, 3.63) is 12.2 Å². The molecule has 4 heteroatoms. The predicted octanol–water partition coefficient (Wildman–Crippen LogP) is 1.24. The average Bonchev–Trinajstić information content (AvgIpc) is 2.93. The molecule has 76 valence electrons. The molecule has 0 amide bonds. The zero-order chi connectivity index (χ0) is 9.54. The Kier molecular flexibility index (Phi) is 1.83. The second-order valence-corrected chi connectivity index (χ2v) is 4.74. The van der Waals surface area contributed by atoms with E-state index < -0.39 is 0 Å². The topological polar surface area (TPSA) is 67.6 Å². The molecule has 0 spiro atoms. The first-order chi connectivity index (χ1) is 6.84. The number of hydrogen-bond donors (Lipinski definition) is 2. The first-order valence-electron chi connectivity index (χ1n) is 5.45. The van der Waals surface area contributed by atoms with Crippen molar-refractivity contribution in [2.24, 2.45) is 23.5 Å². The maximum Gasteiger partial charge on any atom is 0.141 e. The molecule has 1 aromatic heterocycles. The smallest absolute Gasteiger partial charge is 0.141 e. The molecule has 3 N–H and O–H groups in total. The Morgan fingerprint density at radius 1 is 1.43 bits per heavy atom. The van der Waals surface area contributed by atoms with E-state index in [0.29, 0.717) is 5.92 Å². The average molecular weight is 192 g/mol. The quantitative estimate of drug-likeness (QED) is 0.740. The van der Waals surface area contributed by atoms with Crippen LogP contribution in [-0.2, 0) is 0 Å². The third-order valence-corrected chi connectivity index (χ3v) is 4.00. The van der Waals surface area contributed by atoms with E-state index in [9.17, 15) is 0 Å². The van der Waals surface area contributed by atoms with Crippen LogP contribution in [0.3, 0.4) is 0 Å². The largest absolute Gasteiger partial charge is 0.321 e. The van der Waals surface area contributed by atoms with Crippen LogP contribution in [0.25, 0.3) is 0 Å². The molecular formula is C10H16N4. The number of rotatable bonds is 2. The summed E-state index contributed by atoms with van der Waals surface area (Å²) in [5, 5.41) is 6.75. The summed E-state index contributed by atoms with van der Waals surface area (Å²) in [6, 6.07) is 0.0767. The Morgan fingerprint density at radius 3 is 2.93 bits per heavy atom. The van der Waals surface area contributed by atoms with Gasteiger partial charge in [-0.3, -0.25) is 5.10 Å². The summed E-state index contributed by atoms with van der Waals surface area (Å²) < 4.78 is 0. The van der Waals surface area contributed by atoms with Crippen LogP contribution < -0.4 is 5.73 Å². The van der Waals surface area contributed by atoms with E-state index in [0.717, 1.165) is 17.7 Å². The first kappa shape index (κ1) is 8.41. The Morgan fingerprint density at radius 2 is 2.36 bits per heavy atom. The number of aromatic nitrogens is 3. The fourth-order valence-electron chi connectivity index (χ4n) is 3.31. The van der Waals surface area contributed by atoms with E-state index in [1.165, 1.54) is 25.7 Å². The Bertz CT molecular complexity index is 308. The Balaban J connectivity index is 1.77. The lowest BCUT2D eigenvalue weighted by molar-refractivity contribution is 0.278. The second kappa shape index (κ2) is 3.05. The lowest BCUT2D eigenvalue weighted by atomic mass is 9.83. The van der Waals surface area contributed by atoms with E-state index in [4.69, 9.17) is 5.73 Å². The van der Waals surface area contributed by atoms with Crippen LogP contribution in [0.4, 0.5) is 0 Å². The van der Waals surface area contributed by atoms with Crippen molar-refractivity contribution in [1.29, 1.82) is 0 Å². The van der Waals surface area contributed by atoms with E-state index in [1.54, 1.807) is 6.33 Å². The monoisotopic (exact) mass is 192 g/mol. The van der Waals surface area contributed by atoms with Gasteiger partial charge in [-0.1, -0.05) is 6.42 Å². The molecule has 4 nitrogen and oxygen atoms in total. The molecular weight excluding hydrogens is 176 g/mol. The van der Waals surface area contributed by atoms with Gasteiger partial charge in [-0.05, 0) is 37.0 Å². The number of fused-ring (bicyclic) bond motifs is 2. The summed E-state index contributed by atoms with van der Waals surface area (Å²) in [5.41, 5.74) is 6.20. The molecule has 2 aliphatic carbocycles. The first-order valence-corrected chi connectivity index (χ1v) is 5.45. The summed E-state index contributed by atoms with van der Waals surface area (Å²) in [4.78, 5) is 4.15. The van der Waals surface area contributed by atoms with Gasteiger partial charge in [0.1, 0.15) is 12.2 Å².